The van der Waals surface area contributed by atoms with Gasteiger partial charge in [0.15, 0.2) is 0 Å². The average molecular weight is 348 g/mol. The first-order valence-corrected chi connectivity index (χ1v) is 8.67. The number of nitrogens with one attached hydrogen (secondary N) is 2. The number of hydrogen-bond donors (Lipinski definition) is 2. The van der Waals surface area contributed by atoms with Gasteiger partial charge in [-0.15, -0.1) is 5.10 Å². The molecule has 1 aliphatic rings. The van der Waals surface area contributed by atoms with Crippen LogP contribution in [0.4, 0.5) is 0 Å². The summed E-state index contributed by atoms with van der Waals surface area (Å²) in [5.74, 6) is 0.780. The van der Waals surface area contributed by atoms with Crippen molar-refractivity contribution in [2.75, 3.05) is 13.1 Å². The summed E-state index contributed by atoms with van der Waals surface area (Å²) in [7, 11) is 0. The largest absolute Gasteiger partial charge is 0.345 e. The lowest BCUT2D eigenvalue weighted by atomic mass is 10.1. The standard InChI is InChI=1S/C17H22ClN5O/c1-11(2)16-21-15(17(24)20-12-6-5-9-19-10-12)22-23(16)14-8-4-3-7-13(14)18/h3-4,7-8,11-12,19H,5-6,9-10H2,1-2H3,(H,20,24)/t12-/m0/s1. The fourth-order valence-corrected chi connectivity index (χ4v) is 3.04. The zero-order valence-electron chi connectivity index (χ0n) is 13.9. The van der Waals surface area contributed by atoms with Crippen molar-refractivity contribution < 1.29 is 4.79 Å². The normalized spacial score (nSPS) is 17.9. The molecule has 24 heavy (non-hydrogen) atoms. The lowest BCUT2D eigenvalue weighted by Crippen LogP contribution is -2.45. The highest BCUT2D eigenvalue weighted by Gasteiger charge is 2.23. The van der Waals surface area contributed by atoms with Crippen LogP contribution in [-0.4, -0.2) is 39.8 Å². The molecule has 0 unspecified atom stereocenters. The fraction of sp³-hybridized carbons (Fsp3) is 0.471. The maximum atomic E-state index is 12.5. The van der Waals surface area contributed by atoms with Crippen molar-refractivity contribution in [2.45, 2.75) is 38.6 Å². The van der Waals surface area contributed by atoms with Crippen LogP contribution in [0.5, 0.6) is 0 Å². The highest BCUT2D eigenvalue weighted by Crippen LogP contribution is 2.23. The highest BCUT2D eigenvalue weighted by molar-refractivity contribution is 6.32. The van der Waals surface area contributed by atoms with Crippen LogP contribution in [-0.2, 0) is 0 Å². The Labute approximate surface area is 146 Å². The lowest BCUT2D eigenvalue weighted by molar-refractivity contribution is 0.0920. The zero-order valence-corrected chi connectivity index (χ0v) is 14.7. The maximum absolute atomic E-state index is 12.5. The molecule has 1 aromatic carbocycles. The molecule has 3 rings (SSSR count). The number of hydrogen-bond acceptors (Lipinski definition) is 4. The van der Waals surface area contributed by atoms with E-state index in [2.05, 4.69) is 20.7 Å². The Bertz CT molecular complexity index is 722. The number of nitrogens with zero attached hydrogens (tertiary/aromatic N) is 3. The first-order valence-electron chi connectivity index (χ1n) is 8.29. The van der Waals surface area contributed by atoms with Gasteiger partial charge in [-0.05, 0) is 31.5 Å². The van der Waals surface area contributed by atoms with E-state index in [0.29, 0.717) is 5.02 Å². The van der Waals surface area contributed by atoms with Gasteiger partial charge < -0.3 is 10.6 Å². The minimum Gasteiger partial charge on any atom is -0.345 e. The van der Waals surface area contributed by atoms with Crippen LogP contribution in [0, 0.1) is 0 Å². The summed E-state index contributed by atoms with van der Waals surface area (Å²) in [6, 6.07) is 7.55. The van der Waals surface area contributed by atoms with Crippen molar-refractivity contribution in [2.24, 2.45) is 0 Å². The van der Waals surface area contributed by atoms with Crippen LogP contribution in [0.3, 0.4) is 0 Å². The number of carbonyl (C=O) groups excluding carboxylic acids is 1. The Hall–Kier alpha value is -1.92. The zero-order chi connectivity index (χ0) is 17.1. The highest BCUT2D eigenvalue weighted by atomic mass is 35.5. The van der Waals surface area contributed by atoms with Crippen molar-refractivity contribution in [1.82, 2.24) is 25.4 Å². The summed E-state index contributed by atoms with van der Waals surface area (Å²) >= 11 is 6.28. The first kappa shape index (κ1) is 16.9. The van der Waals surface area contributed by atoms with E-state index in [1.54, 1.807) is 10.7 Å². The molecule has 0 radical (unpaired) electrons. The van der Waals surface area contributed by atoms with Gasteiger partial charge in [0.1, 0.15) is 5.82 Å². The number of para-hydroxylation sites is 1. The second-order valence-electron chi connectivity index (χ2n) is 6.33. The van der Waals surface area contributed by atoms with E-state index in [-0.39, 0.29) is 23.7 Å². The molecular weight excluding hydrogens is 326 g/mol. The molecule has 0 bridgehead atoms. The summed E-state index contributed by atoms with van der Waals surface area (Å²) in [5.41, 5.74) is 0.730. The summed E-state index contributed by atoms with van der Waals surface area (Å²) in [6.45, 7) is 5.82. The molecule has 2 aromatic rings. The summed E-state index contributed by atoms with van der Waals surface area (Å²) in [5, 5.41) is 11.3. The van der Waals surface area contributed by atoms with E-state index in [9.17, 15) is 4.79 Å². The van der Waals surface area contributed by atoms with Crippen LogP contribution in [0.15, 0.2) is 24.3 Å². The van der Waals surface area contributed by atoms with E-state index >= 15 is 0 Å². The van der Waals surface area contributed by atoms with Gasteiger partial charge in [-0.2, -0.15) is 0 Å². The van der Waals surface area contributed by atoms with E-state index in [4.69, 9.17) is 11.6 Å². The third kappa shape index (κ3) is 3.60. The van der Waals surface area contributed by atoms with Gasteiger partial charge in [-0.1, -0.05) is 37.6 Å². The van der Waals surface area contributed by atoms with Gasteiger partial charge in [0.25, 0.3) is 5.91 Å². The molecule has 1 atom stereocenters. The molecule has 6 nitrogen and oxygen atoms in total. The summed E-state index contributed by atoms with van der Waals surface area (Å²) < 4.78 is 1.67. The minimum absolute atomic E-state index is 0.117. The predicted molar refractivity (Wildman–Crippen MR) is 93.8 cm³/mol. The number of halogens is 1. The van der Waals surface area contributed by atoms with Gasteiger partial charge in [-0.3, -0.25) is 4.79 Å². The molecule has 7 heteroatoms. The number of benzene rings is 1. The minimum atomic E-state index is -0.239. The molecule has 1 amide bonds. The molecule has 0 spiro atoms. The van der Waals surface area contributed by atoms with Crippen LogP contribution in [0.2, 0.25) is 5.02 Å². The second-order valence-corrected chi connectivity index (χ2v) is 6.74. The maximum Gasteiger partial charge on any atom is 0.291 e. The number of aromatic nitrogens is 3. The van der Waals surface area contributed by atoms with Gasteiger partial charge in [-0.25, -0.2) is 9.67 Å². The monoisotopic (exact) mass is 347 g/mol. The third-order valence-corrected chi connectivity index (χ3v) is 4.38. The first-order chi connectivity index (χ1) is 11.6. The van der Waals surface area contributed by atoms with E-state index in [1.165, 1.54) is 0 Å². The smallest absolute Gasteiger partial charge is 0.291 e. The molecule has 2 heterocycles. The fourth-order valence-electron chi connectivity index (χ4n) is 2.82. The Kier molecular flexibility index (Phi) is 5.16. The lowest BCUT2D eigenvalue weighted by Gasteiger charge is -2.23. The van der Waals surface area contributed by atoms with Crippen molar-refractivity contribution in [1.29, 1.82) is 0 Å². The Morgan fingerprint density at radius 3 is 2.88 bits per heavy atom. The SMILES string of the molecule is CC(C)c1nc(C(=O)N[C@H]2CCCNC2)nn1-c1ccccc1Cl. The molecule has 1 aromatic heterocycles. The number of amides is 1. The third-order valence-electron chi connectivity index (χ3n) is 4.06. The van der Waals surface area contributed by atoms with Gasteiger partial charge >= 0.3 is 0 Å². The molecule has 128 valence electrons. The number of piperidine rings is 1. The molecule has 1 saturated heterocycles. The van der Waals surface area contributed by atoms with Gasteiger partial charge in [0.2, 0.25) is 5.82 Å². The van der Waals surface area contributed by atoms with Crippen LogP contribution < -0.4 is 10.6 Å². The Morgan fingerprint density at radius 1 is 1.42 bits per heavy atom. The summed E-state index contributed by atoms with van der Waals surface area (Å²) in [4.78, 5) is 17.0. The number of carbonyl (C=O) groups is 1. The van der Waals surface area contributed by atoms with Gasteiger partial charge in [0, 0.05) is 18.5 Å². The molecule has 1 aliphatic heterocycles. The molecule has 1 fully saturated rings. The topological polar surface area (TPSA) is 71.8 Å². The second kappa shape index (κ2) is 7.32. The van der Waals surface area contributed by atoms with Gasteiger partial charge in [0.05, 0.1) is 10.7 Å². The van der Waals surface area contributed by atoms with Crippen LogP contribution >= 0.6 is 11.6 Å². The Morgan fingerprint density at radius 2 is 2.21 bits per heavy atom. The van der Waals surface area contributed by atoms with Crippen molar-refractivity contribution >= 4 is 17.5 Å². The molecular formula is C17H22ClN5O. The van der Waals surface area contributed by atoms with E-state index in [0.717, 1.165) is 37.4 Å². The molecule has 0 saturated carbocycles. The van der Waals surface area contributed by atoms with Crippen molar-refractivity contribution in [3.05, 3.63) is 40.9 Å². The summed E-state index contributed by atoms with van der Waals surface area (Å²) in [6.07, 6.45) is 2.03. The molecule has 0 aliphatic carbocycles. The average Bonchev–Trinajstić information content (AvgIpc) is 3.02. The van der Waals surface area contributed by atoms with Crippen molar-refractivity contribution in [3.8, 4) is 5.69 Å². The van der Waals surface area contributed by atoms with E-state index < -0.39 is 0 Å². The predicted octanol–water partition coefficient (Wildman–Crippen LogP) is 2.53. The quantitative estimate of drug-likeness (QED) is 0.891. The van der Waals surface area contributed by atoms with E-state index in [1.807, 2.05) is 32.0 Å². The van der Waals surface area contributed by atoms with Crippen molar-refractivity contribution in [3.63, 3.8) is 0 Å². The van der Waals surface area contributed by atoms with Crippen LogP contribution in [0.25, 0.3) is 5.69 Å². The van der Waals surface area contributed by atoms with Crippen LogP contribution in [0.1, 0.15) is 49.1 Å². The molecule has 2 N–H and O–H groups in total. The number of rotatable bonds is 4. The Balaban J connectivity index is 1.88.